The number of nitrogens with zero attached hydrogens (tertiary/aromatic N) is 3. The van der Waals surface area contributed by atoms with Crippen molar-refractivity contribution in [3.05, 3.63) is 51.7 Å². The first-order valence-corrected chi connectivity index (χ1v) is 13.7. The topological polar surface area (TPSA) is 78.0 Å². The summed E-state index contributed by atoms with van der Waals surface area (Å²) in [5.74, 6) is 0.0537. The zero-order chi connectivity index (χ0) is 25.3. The Morgan fingerprint density at radius 2 is 1.50 bits per heavy atom. The average molecular weight is 508 g/mol. The fourth-order valence-corrected chi connectivity index (χ4v) is 6.71. The molecule has 3 amide bonds. The van der Waals surface area contributed by atoms with Gasteiger partial charge in [-0.1, -0.05) is 18.2 Å². The van der Waals surface area contributed by atoms with Crippen LogP contribution in [0.1, 0.15) is 70.4 Å². The summed E-state index contributed by atoms with van der Waals surface area (Å²) in [6, 6.07) is 11.5. The predicted molar refractivity (Wildman–Crippen MR) is 139 cm³/mol. The molecule has 2 saturated heterocycles. The van der Waals surface area contributed by atoms with E-state index in [1.165, 1.54) is 23.8 Å². The molecule has 1 aromatic carbocycles. The van der Waals surface area contributed by atoms with E-state index in [-0.39, 0.29) is 41.8 Å². The number of carbonyl (C=O) groups is 4. The lowest BCUT2D eigenvalue weighted by atomic mass is 9.77. The van der Waals surface area contributed by atoms with Crippen molar-refractivity contribution in [1.82, 2.24) is 9.80 Å². The highest BCUT2D eigenvalue weighted by Gasteiger charge is 2.43. The second-order valence-electron chi connectivity index (χ2n) is 10.4. The van der Waals surface area contributed by atoms with Gasteiger partial charge in [0, 0.05) is 51.3 Å². The number of benzene rings is 1. The Morgan fingerprint density at radius 1 is 0.833 bits per heavy atom. The Balaban J connectivity index is 1.11. The third-order valence-corrected chi connectivity index (χ3v) is 9.20. The molecule has 190 valence electrons. The molecule has 0 atom stereocenters. The van der Waals surface area contributed by atoms with Crippen LogP contribution in [0, 0.1) is 5.41 Å². The van der Waals surface area contributed by atoms with Gasteiger partial charge in [0.15, 0.2) is 5.78 Å². The van der Waals surface area contributed by atoms with Crippen LogP contribution in [-0.4, -0.2) is 66.0 Å². The van der Waals surface area contributed by atoms with Crippen LogP contribution < -0.4 is 4.90 Å². The third kappa shape index (κ3) is 4.96. The van der Waals surface area contributed by atoms with E-state index in [2.05, 4.69) is 6.07 Å². The number of para-hydroxylation sites is 1. The fraction of sp³-hybridized carbons (Fsp3) is 0.500. The summed E-state index contributed by atoms with van der Waals surface area (Å²) in [5.41, 5.74) is 2.25. The fourth-order valence-electron chi connectivity index (χ4n) is 5.84. The molecule has 2 aromatic rings. The summed E-state index contributed by atoms with van der Waals surface area (Å²) in [6.45, 7) is 5.00. The minimum absolute atomic E-state index is 0.00826. The quantitative estimate of drug-likeness (QED) is 0.570. The van der Waals surface area contributed by atoms with Crippen molar-refractivity contribution in [1.29, 1.82) is 0 Å². The van der Waals surface area contributed by atoms with Crippen molar-refractivity contribution in [2.45, 2.75) is 51.9 Å². The zero-order valence-electron chi connectivity index (χ0n) is 20.8. The lowest BCUT2D eigenvalue weighted by molar-refractivity contribution is -0.132. The van der Waals surface area contributed by atoms with E-state index in [1.807, 2.05) is 32.9 Å². The number of Topliss-reactive ketones (excluding diaryl/α,β-unsaturated/α-hetero) is 1. The number of likely N-dealkylation sites (tertiary alicyclic amines) is 2. The zero-order valence-corrected chi connectivity index (χ0v) is 21.6. The molecule has 0 bridgehead atoms. The standard InChI is InChI=1S/C28H33N3O4S/c1-20(32)23-8-9-24(36-23)27(35)29-16-12-28(13-17-29)14-18-30(19-28)25(33)10-11-26(34)31-15-4-6-21-5-2-3-7-22(21)31/h2-3,5,7-9H,4,6,10-19H2,1H3. The summed E-state index contributed by atoms with van der Waals surface area (Å²) in [6.07, 6.45) is 5.12. The van der Waals surface area contributed by atoms with Crippen LogP contribution in [0.4, 0.5) is 5.69 Å². The van der Waals surface area contributed by atoms with Crippen molar-refractivity contribution < 1.29 is 19.2 Å². The summed E-state index contributed by atoms with van der Waals surface area (Å²) < 4.78 is 0. The molecule has 1 spiro atoms. The van der Waals surface area contributed by atoms with Gasteiger partial charge in [-0.25, -0.2) is 0 Å². The largest absolute Gasteiger partial charge is 0.342 e. The van der Waals surface area contributed by atoms with Crippen molar-refractivity contribution in [3.8, 4) is 0 Å². The molecular formula is C28H33N3O4S. The lowest BCUT2D eigenvalue weighted by Gasteiger charge is -2.39. The van der Waals surface area contributed by atoms with E-state index in [1.54, 1.807) is 12.1 Å². The number of thiophene rings is 1. The van der Waals surface area contributed by atoms with Crippen LogP contribution in [0.2, 0.25) is 0 Å². The average Bonchev–Trinajstić information content (AvgIpc) is 3.55. The van der Waals surface area contributed by atoms with E-state index in [0.29, 0.717) is 35.9 Å². The van der Waals surface area contributed by atoms with Crippen LogP contribution in [0.3, 0.4) is 0 Å². The number of amides is 3. The molecule has 0 aliphatic carbocycles. The van der Waals surface area contributed by atoms with Gasteiger partial charge in [0.1, 0.15) is 0 Å². The van der Waals surface area contributed by atoms with E-state index >= 15 is 0 Å². The minimum atomic E-state index is -0.0187. The molecule has 8 heteroatoms. The van der Waals surface area contributed by atoms with Gasteiger partial charge in [0.05, 0.1) is 9.75 Å². The highest BCUT2D eigenvalue weighted by Crippen LogP contribution is 2.41. The summed E-state index contributed by atoms with van der Waals surface area (Å²) >= 11 is 1.26. The van der Waals surface area contributed by atoms with Crippen molar-refractivity contribution in [2.24, 2.45) is 5.41 Å². The number of anilines is 1. The molecule has 1 aromatic heterocycles. The van der Waals surface area contributed by atoms with Crippen LogP contribution in [0.5, 0.6) is 0 Å². The van der Waals surface area contributed by atoms with Crippen LogP contribution in [0.15, 0.2) is 36.4 Å². The SMILES string of the molecule is CC(=O)c1ccc(C(=O)N2CCC3(CCN(C(=O)CCC(=O)N4CCCc5ccccc54)C3)CC2)s1. The van der Waals surface area contributed by atoms with Crippen LogP contribution in [0.25, 0.3) is 0 Å². The molecule has 3 aliphatic heterocycles. The number of hydrogen-bond acceptors (Lipinski definition) is 5. The number of ketones is 1. The first-order valence-electron chi connectivity index (χ1n) is 12.9. The van der Waals surface area contributed by atoms with Gasteiger partial charge in [-0.05, 0) is 68.2 Å². The molecule has 36 heavy (non-hydrogen) atoms. The van der Waals surface area contributed by atoms with Gasteiger partial charge in [0.25, 0.3) is 5.91 Å². The van der Waals surface area contributed by atoms with E-state index in [0.717, 1.165) is 44.3 Å². The summed E-state index contributed by atoms with van der Waals surface area (Å²) in [4.78, 5) is 57.2. The molecule has 0 unspecified atom stereocenters. The van der Waals surface area contributed by atoms with Gasteiger partial charge in [-0.15, -0.1) is 11.3 Å². The van der Waals surface area contributed by atoms with Crippen molar-refractivity contribution >= 4 is 40.5 Å². The maximum Gasteiger partial charge on any atom is 0.263 e. The number of rotatable bonds is 5. The molecule has 0 saturated carbocycles. The number of aryl methyl sites for hydroxylation is 1. The lowest BCUT2D eigenvalue weighted by Crippen LogP contribution is -2.44. The number of piperidine rings is 1. The first-order chi connectivity index (χ1) is 17.3. The Labute approximate surface area is 216 Å². The molecular weight excluding hydrogens is 474 g/mol. The predicted octanol–water partition coefficient (Wildman–Crippen LogP) is 4.17. The molecule has 5 rings (SSSR count). The van der Waals surface area contributed by atoms with Crippen molar-refractivity contribution in [2.75, 3.05) is 37.6 Å². The summed E-state index contributed by atoms with van der Waals surface area (Å²) in [5, 5.41) is 0. The van der Waals surface area contributed by atoms with Gasteiger partial charge >= 0.3 is 0 Å². The Hall–Kier alpha value is -3.00. The van der Waals surface area contributed by atoms with Gasteiger partial charge < -0.3 is 14.7 Å². The van der Waals surface area contributed by atoms with E-state index < -0.39 is 0 Å². The van der Waals surface area contributed by atoms with Gasteiger partial charge in [0.2, 0.25) is 11.8 Å². The molecule has 0 radical (unpaired) electrons. The van der Waals surface area contributed by atoms with Crippen molar-refractivity contribution in [3.63, 3.8) is 0 Å². The third-order valence-electron chi connectivity index (χ3n) is 8.03. The number of hydrogen-bond donors (Lipinski definition) is 0. The second kappa shape index (κ2) is 10.2. The Morgan fingerprint density at radius 3 is 2.22 bits per heavy atom. The summed E-state index contributed by atoms with van der Waals surface area (Å²) in [7, 11) is 0. The molecule has 7 nitrogen and oxygen atoms in total. The first kappa shape index (κ1) is 24.7. The number of fused-ring (bicyclic) bond motifs is 1. The normalized spacial score (nSPS) is 18.9. The van der Waals surface area contributed by atoms with Gasteiger partial charge in [-0.3, -0.25) is 19.2 Å². The maximum atomic E-state index is 13.0. The Bertz CT molecular complexity index is 1180. The van der Waals surface area contributed by atoms with Gasteiger partial charge in [-0.2, -0.15) is 0 Å². The van der Waals surface area contributed by atoms with E-state index in [9.17, 15) is 19.2 Å². The van der Waals surface area contributed by atoms with E-state index in [4.69, 9.17) is 0 Å². The highest BCUT2D eigenvalue weighted by atomic mass is 32.1. The molecule has 0 N–H and O–H groups in total. The maximum absolute atomic E-state index is 13.0. The molecule has 2 fully saturated rings. The monoisotopic (exact) mass is 507 g/mol. The highest BCUT2D eigenvalue weighted by molar-refractivity contribution is 7.15. The van der Waals surface area contributed by atoms with Crippen LogP contribution in [-0.2, 0) is 16.0 Å². The Kier molecular flexibility index (Phi) is 6.97. The molecule has 4 heterocycles. The number of carbonyl (C=O) groups excluding carboxylic acids is 4. The molecule has 3 aliphatic rings. The second-order valence-corrected chi connectivity index (χ2v) is 11.4. The smallest absolute Gasteiger partial charge is 0.263 e. The van der Waals surface area contributed by atoms with Crippen LogP contribution >= 0.6 is 11.3 Å². The minimum Gasteiger partial charge on any atom is -0.342 e.